The van der Waals surface area contributed by atoms with E-state index in [1.54, 1.807) is 19.9 Å². The van der Waals surface area contributed by atoms with Gasteiger partial charge < -0.3 is 30.0 Å². The van der Waals surface area contributed by atoms with Crippen LogP contribution in [0, 0.1) is 5.41 Å². The fourth-order valence-electron chi connectivity index (χ4n) is 3.67. The van der Waals surface area contributed by atoms with Crippen LogP contribution in [0.25, 0.3) is 10.4 Å². The minimum Gasteiger partial charge on any atom is -0.387 e. The Bertz CT molecular complexity index is 758. The van der Waals surface area contributed by atoms with Gasteiger partial charge in [0.25, 0.3) is 5.91 Å². The quantitative estimate of drug-likeness (QED) is 0.240. The molecular weight excluding hydrogens is 418 g/mol. The van der Waals surface area contributed by atoms with Crippen molar-refractivity contribution >= 4 is 11.8 Å². The summed E-state index contributed by atoms with van der Waals surface area (Å²) in [6.45, 7) is 9.67. The SMILES string of the molecule is CO[C@@H](C(=O)N[C@H]1CC[C@H](N=[N+]=[N-])CNC1=O)[C@@H]1OC(C)(C)O[C@H](C=CC(C)(C)C)[C@H]1O. The van der Waals surface area contributed by atoms with E-state index in [1.807, 2.05) is 26.8 Å². The minimum atomic E-state index is -1.18. The van der Waals surface area contributed by atoms with Crippen LogP contribution < -0.4 is 10.6 Å². The number of amides is 2. The van der Waals surface area contributed by atoms with Crippen LogP contribution in [-0.2, 0) is 23.8 Å². The molecule has 0 aromatic heterocycles. The highest BCUT2D eigenvalue weighted by molar-refractivity contribution is 5.89. The molecule has 2 aliphatic rings. The third-order valence-electron chi connectivity index (χ3n) is 5.26. The van der Waals surface area contributed by atoms with Gasteiger partial charge in [-0.3, -0.25) is 9.59 Å². The number of nitrogens with zero attached hydrogens (tertiary/aromatic N) is 3. The van der Waals surface area contributed by atoms with Crippen LogP contribution in [0.1, 0.15) is 47.5 Å². The lowest BCUT2D eigenvalue weighted by Crippen LogP contribution is -2.62. The summed E-state index contributed by atoms with van der Waals surface area (Å²) in [7, 11) is 1.34. The summed E-state index contributed by atoms with van der Waals surface area (Å²) in [5.74, 6) is -2.03. The van der Waals surface area contributed by atoms with E-state index >= 15 is 0 Å². The molecule has 2 rings (SSSR count). The largest absolute Gasteiger partial charge is 0.387 e. The zero-order chi connectivity index (χ0) is 24.1. The second-order valence-corrected chi connectivity index (χ2v) is 9.68. The van der Waals surface area contributed by atoms with Crippen LogP contribution in [0.2, 0.25) is 0 Å². The molecule has 2 saturated heterocycles. The monoisotopic (exact) mass is 453 g/mol. The van der Waals surface area contributed by atoms with Gasteiger partial charge in [0.05, 0.1) is 6.04 Å². The summed E-state index contributed by atoms with van der Waals surface area (Å²) in [5.41, 5.74) is 8.49. The maximum atomic E-state index is 13.0. The molecule has 0 aromatic rings. The Morgan fingerprint density at radius 1 is 1.41 bits per heavy atom. The number of carbonyl (C=O) groups is 2. The number of ether oxygens (including phenoxy) is 3. The molecule has 2 heterocycles. The van der Waals surface area contributed by atoms with Gasteiger partial charge in [0.15, 0.2) is 11.9 Å². The molecule has 0 aromatic carbocycles. The molecular formula is C21H35N5O6. The lowest BCUT2D eigenvalue weighted by Gasteiger charge is -2.45. The molecule has 0 spiro atoms. The van der Waals surface area contributed by atoms with Crippen molar-refractivity contribution in [3.05, 3.63) is 22.6 Å². The summed E-state index contributed by atoms with van der Waals surface area (Å²) in [4.78, 5) is 28.2. The van der Waals surface area contributed by atoms with Gasteiger partial charge in [0, 0.05) is 18.6 Å². The predicted octanol–water partition coefficient (Wildman–Crippen LogP) is 1.56. The topological polar surface area (TPSA) is 155 Å². The first-order chi connectivity index (χ1) is 14.9. The fourth-order valence-corrected chi connectivity index (χ4v) is 3.67. The molecule has 3 N–H and O–H groups in total. The summed E-state index contributed by atoms with van der Waals surface area (Å²) in [6, 6.07) is -1.19. The maximum absolute atomic E-state index is 13.0. The number of methoxy groups -OCH3 is 1. The van der Waals surface area contributed by atoms with Crippen molar-refractivity contribution in [2.75, 3.05) is 13.7 Å². The highest BCUT2D eigenvalue weighted by atomic mass is 16.7. The fraction of sp³-hybridized carbons (Fsp3) is 0.810. The first kappa shape index (κ1) is 26.1. The van der Waals surface area contributed by atoms with Crippen molar-refractivity contribution in [1.82, 2.24) is 10.6 Å². The maximum Gasteiger partial charge on any atom is 0.252 e. The Hall–Kier alpha value is -2.17. The number of allylic oxidation sites excluding steroid dienone is 1. The van der Waals surface area contributed by atoms with Crippen molar-refractivity contribution in [3.8, 4) is 0 Å². The Morgan fingerprint density at radius 3 is 2.69 bits per heavy atom. The molecule has 0 bridgehead atoms. The average molecular weight is 454 g/mol. The Kier molecular flexibility index (Phi) is 8.67. The number of azide groups is 1. The van der Waals surface area contributed by atoms with Crippen molar-refractivity contribution in [3.63, 3.8) is 0 Å². The molecule has 32 heavy (non-hydrogen) atoms. The Labute approximate surface area is 188 Å². The van der Waals surface area contributed by atoms with Gasteiger partial charge in [0.2, 0.25) is 5.91 Å². The molecule has 11 nitrogen and oxygen atoms in total. The van der Waals surface area contributed by atoms with E-state index in [9.17, 15) is 14.7 Å². The number of hydrogen-bond acceptors (Lipinski definition) is 7. The number of carbonyl (C=O) groups excluding carboxylic acids is 2. The normalized spacial score (nSPS) is 31.8. The van der Waals surface area contributed by atoms with Gasteiger partial charge >= 0.3 is 0 Å². The van der Waals surface area contributed by atoms with Crippen LogP contribution in [0.3, 0.4) is 0 Å². The van der Waals surface area contributed by atoms with Gasteiger partial charge in [-0.15, -0.1) is 0 Å². The lowest BCUT2D eigenvalue weighted by atomic mass is 9.93. The second-order valence-electron chi connectivity index (χ2n) is 9.68. The van der Waals surface area contributed by atoms with E-state index in [-0.39, 0.29) is 23.9 Å². The van der Waals surface area contributed by atoms with E-state index < -0.39 is 42.2 Å². The standard InChI is InChI=1S/C21H35N5O6/c1-20(2,3)10-9-14-15(27)16(32-21(4,5)31-14)17(30-6)19(29)24-13-8-7-12(25-26-22)11-23-18(13)28/h9-10,12-17,27H,7-8,11H2,1-6H3,(H,23,28)(H,24,29)/t12-,13-,14+,15+,16+,17+/m0/s1. The number of aliphatic hydroxyl groups is 1. The van der Waals surface area contributed by atoms with Crippen molar-refractivity contribution in [1.29, 1.82) is 0 Å². The van der Waals surface area contributed by atoms with Crippen molar-refractivity contribution < 1.29 is 28.9 Å². The zero-order valence-corrected chi connectivity index (χ0v) is 19.6. The smallest absolute Gasteiger partial charge is 0.252 e. The molecule has 0 saturated carbocycles. The van der Waals surface area contributed by atoms with E-state index in [2.05, 4.69) is 20.7 Å². The van der Waals surface area contributed by atoms with Gasteiger partial charge in [-0.2, -0.15) is 0 Å². The minimum absolute atomic E-state index is 0.126. The van der Waals surface area contributed by atoms with Crippen molar-refractivity contribution in [2.24, 2.45) is 10.5 Å². The Morgan fingerprint density at radius 2 is 2.09 bits per heavy atom. The number of rotatable bonds is 6. The highest BCUT2D eigenvalue weighted by Gasteiger charge is 2.48. The lowest BCUT2D eigenvalue weighted by molar-refractivity contribution is -0.334. The number of aliphatic hydroxyl groups excluding tert-OH is 1. The molecule has 0 unspecified atom stereocenters. The first-order valence-electron chi connectivity index (χ1n) is 10.7. The first-order valence-corrected chi connectivity index (χ1v) is 10.7. The molecule has 11 heteroatoms. The number of nitrogens with one attached hydrogen (secondary N) is 2. The number of hydrogen-bond donors (Lipinski definition) is 3. The Balaban J connectivity index is 2.16. The summed E-state index contributed by atoms with van der Waals surface area (Å²) < 4.78 is 17.1. The molecule has 180 valence electrons. The van der Waals surface area contributed by atoms with Crippen LogP contribution in [-0.4, -0.2) is 72.9 Å². The summed E-state index contributed by atoms with van der Waals surface area (Å²) in [5, 5.41) is 19.9. The van der Waals surface area contributed by atoms with Gasteiger partial charge in [0.1, 0.15) is 24.4 Å². The molecule has 2 amide bonds. The molecule has 6 atom stereocenters. The van der Waals surface area contributed by atoms with E-state index in [4.69, 9.17) is 19.7 Å². The molecule has 2 fully saturated rings. The van der Waals surface area contributed by atoms with Crippen LogP contribution in [0.15, 0.2) is 17.3 Å². The molecule has 0 radical (unpaired) electrons. The highest BCUT2D eigenvalue weighted by Crippen LogP contribution is 2.31. The molecule has 2 aliphatic heterocycles. The third kappa shape index (κ3) is 7.18. The molecule has 0 aliphatic carbocycles. The van der Waals surface area contributed by atoms with E-state index in [1.165, 1.54) is 7.11 Å². The van der Waals surface area contributed by atoms with E-state index in [0.717, 1.165) is 0 Å². The van der Waals surface area contributed by atoms with Gasteiger partial charge in [-0.25, -0.2) is 0 Å². The average Bonchev–Trinajstić information content (AvgIpc) is 2.85. The van der Waals surface area contributed by atoms with Crippen LogP contribution in [0.4, 0.5) is 0 Å². The second kappa shape index (κ2) is 10.6. The van der Waals surface area contributed by atoms with Crippen molar-refractivity contribution in [2.45, 2.75) is 89.7 Å². The third-order valence-corrected chi connectivity index (χ3v) is 5.26. The zero-order valence-electron chi connectivity index (χ0n) is 19.6. The van der Waals surface area contributed by atoms with Crippen LogP contribution in [0.5, 0.6) is 0 Å². The van der Waals surface area contributed by atoms with E-state index in [0.29, 0.717) is 12.8 Å². The van der Waals surface area contributed by atoms with Gasteiger partial charge in [-0.1, -0.05) is 38.0 Å². The summed E-state index contributed by atoms with van der Waals surface area (Å²) >= 11 is 0. The van der Waals surface area contributed by atoms with Gasteiger partial charge in [-0.05, 0) is 37.6 Å². The predicted molar refractivity (Wildman–Crippen MR) is 116 cm³/mol. The van der Waals surface area contributed by atoms with Crippen LogP contribution >= 0.6 is 0 Å². The summed E-state index contributed by atoms with van der Waals surface area (Å²) in [6.07, 6.45) is 0.351.